The lowest BCUT2D eigenvalue weighted by Gasteiger charge is -2.07. The number of H-pyrrole nitrogens is 1. The molecular weight excluding hydrogens is 288 g/mol. The molecule has 0 unspecified atom stereocenters. The second-order valence-electron chi connectivity index (χ2n) is 4.69. The first-order chi connectivity index (χ1) is 10.0. The Balaban J connectivity index is 1.95. The highest BCUT2D eigenvalue weighted by molar-refractivity contribution is 7.99. The maximum Gasteiger partial charge on any atom is 0.343 e. The zero-order chi connectivity index (χ0) is 15.4. The summed E-state index contributed by atoms with van der Waals surface area (Å²) >= 11 is 1.24. The summed E-state index contributed by atoms with van der Waals surface area (Å²) in [7, 11) is 0. The molecule has 6 nitrogen and oxygen atoms in total. The molecule has 0 aliphatic heterocycles. The van der Waals surface area contributed by atoms with Gasteiger partial charge in [-0.05, 0) is 44.0 Å². The molecule has 2 aromatic rings. The number of nitrogens with one attached hydrogen (secondary N) is 2. The molecule has 0 spiro atoms. The molecule has 0 fully saturated rings. The van der Waals surface area contributed by atoms with Crippen LogP contribution in [-0.2, 0) is 11.3 Å². The van der Waals surface area contributed by atoms with Gasteiger partial charge in [0.1, 0.15) is 0 Å². The van der Waals surface area contributed by atoms with Crippen molar-refractivity contribution in [2.24, 2.45) is 0 Å². The standard InChI is InChI=1S/C14H18N4O2S/c1-4-18-13(20)16-17-14(18)21-8-12(19)15-11-6-5-9(2)10(3)7-11/h5-7H,4,8H2,1-3H3,(H,15,19)(H,16,20). The van der Waals surface area contributed by atoms with Gasteiger partial charge >= 0.3 is 5.69 Å². The number of aryl methyl sites for hydroxylation is 2. The molecule has 2 N–H and O–H groups in total. The molecule has 0 aliphatic rings. The number of thioether (sulfide) groups is 1. The monoisotopic (exact) mass is 306 g/mol. The number of carbonyl (C=O) groups is 1. The number of aromatic amines is 1. The first kappa shape index (κ1) is 15.4. The lowest BCUT2D eigenvalue weighted by atomic mass is 10.1. The maximum atomic E-state index is 11.9. The predicted octanol–water partition coefficient (Wildman–Crippen LogP) is 1.94. The van der Waals surface area contributed by atoms with Crippen molar-refractivity contribution in [1.29, 1.82) is 0 Å². The summed E-state index contributed by atoms with van der Waals surface area (Å²) in [5.74, 6) is 0.0818. The highest BCUT2D eigenvalue weighted by atomic mass is 32.2. The third-order valence-corrected chi connectivity index (χ3v) is 4.14. The molecule has 2 rings (SSSR count). The van der Waals surface area contributed by atoms with E-state index in [0.717, 1.165) is 11.3 Å². The van der Waals surface area contributed by atoms with E-state index in [4.69, 9.17) is 0 Å². The van der Waals surface area contributed by atoms with Gasteiger partial charge < -0.3 is 5.32 Å². The molecule has 0 atom stereocenters. The normalized spacial score (nSPS) is 10.6. The minimum atomic E-state index is -0.255. The van der Waals surface area contributed by atoms with Crippen LogP contribution in [-0.4, -0.2) is 26.4 Å². The number of rotatable bonds is 5. The van der Waals surface area contributed by atoms with E-state index in [1.165, 1.54) is 21.9 Å². The number of nitrogens with zero attached hydrogens (tertiary/aromatic N) is 2. The zero-order valence-corrected chi connectivity index (χ0v) is 13.1. The summed E-state index contributed by atoms with van der Waals surface area (Å²) in [6.45, 7) is 6.41. The fraction of sp³-hybridized carbons (Fsp3) is 0.357. The van der Waals surface area contributed by atoms with Crippen molar-refractivity contribution in [3.8, 4) is 0 Å². The summed E-state index contributed by atoms with van der Waals surface area (Å²) in [5, 5.41) is 9.64. The fourth-order valence-electron chi connectivity index (χ4n) is 1.84. The Morgan fingerprint density at radius 2 is 2.14 bits per heavy atom. The summed E-state index contributed by atoms with van der Waals surface area (Å²) < 4.78 is 1.49. The van der Waals surface area contributed by atoms with Crippen LogP contribution in [0.4, 0.5) is 5.69 Å². The van der Waals surface area contributed by atoms with E-state index in [1.54, 1.807) is 0 Å². The van der Waals surface area contributed by atoms with E-state index in [-0.39, 0.29) is 17.3 Å². The molecule has 0 saturated heterocycles. The van der Waals surface area contributed by atoms with Crippen molar-refractivity contribution in [2.75, 3.05) is 11.1 Å². The quantitative estimate of drug-likeness (QED) is 0.827. The summed E-state index contributed by atoms with van der Waals surface area (Å²) in [6.07, 6.45) is 0. The molecule has 7 heteroatoms. The van der Waals surface area contributed by atoms with E-state index in [2.05, 4.69) is 15.5 Å². The van der Waals surface area contributed by atoms with Crippen molar-refractivity contribution in [2.45, 2.75) is 32.5 Å². The van der Waals surface area contributed by atoms with Crippen molar-refractivity contribution in [1.82, 2.24) is 14.8 Å². The van der Waals surface area contributed by atoms with Crippen molar-refractivity contribution < 1.29 is 4.79 Å². The molecule has 1 aromatic carbocycles. The van der Waals surface area contributed by atoms with E-state index in [9.17, 15) is 9.59 Å². The molecule has 0 radical (unpaired) electrons. The van der Waals surface area contributed by atoms with Gasteiger partial charge in [-0.25, -0.2) is 9.89 Å². The molecule has 112 valence electrons. The van der Waals surface area contributed by atoms with Gasteiger partial charge in [-0.1, -0.05) is 17.8 Å². The summed E-state index contributed by atoms with van der Waals surface area (Å²) in [5.41, 5.74) is 2.84. The molecule has 21 heavy (non-hydrogen) atoms. The minimum absolute atomic E-state index is 0.124. The largest absolute Gasteiger partial charge is 0.343 e. The van der Waals surface area contributed by atoms with Gasteiger partial charge in [0.25, 0.3) is 0 Å². The van der Waals surface area contributed by atoms with Crippen LogP contribution in [0.15, 0.2) is 28.2 Å². The van der Waals surface area contributed by atoms with Gasteiger partial charge in [0.2, 0.25) is 5.91 Å². The number of hydrogen-bond acceptors (Lipinski definition) is 4. The first-order valence-corrected chi connectivity index (χ1v) is 7.65. The molecule has 0 saturated carbocycles. The fourth-order valence-corrected chi connectivity index (χ4v) is 2.65. The topological polar surface area (TPSA) is 79.8 Å². The van der Waals surface area contributed by atoms with Crippen molar-refractivity contribution >= 4 is 23.4 Å². The zero-order valence-electron chi connectivity index (χ0n) is 12.3. The average molecular weight is 306 g/mol. The van der Waals surface area contributed by atoms with E-state index >= 15 is 0 Å². The number of aromatic nitrogens is 3. The van der Waals surface area contributed by atoms with Gasteiger partial charge in [0.15, 0.2) is 5.16 Å². The molecule has 1 aromatic heterocycles. The lowest BCUT2D eigenvalue weighted by molar-refractivity contribution is -0.113. The molecular formula is C14H18N4O2S. The van der Waals surface area contributed by atoms with E-state index in [1.807, 2.05) is 39.0 Å². The van der Waals surface area contributed by atoms with Gasteiger partial charge in [0, 0.05) is 12.2 Å². The number of amides is 1. The highest BCUT2D eigenvalue weighted by Gasteiger charge is 2.10. The molecule has 1 heterocycles. The smallest absolute Gasteiger partial charge is 0.325 e. The first-order valence-electron chi connectivity index (χ1n) is 6.66. The average Bonchev–Trinajstić information content (AvgIpc) is 2.81. The van der Waals surface area contributed by atoms with Crippen LogP contribution < -0.4 is 11.0 Å². The van der Waals surface area contributed by atoms with Crippen molar-refractivity contribution in [3.63, 3.8) is 0 Å². The van der Waals surface area contributed by atoms with Crippen LogP contribution in [0.25, 0.3) is 0 Å². The second kappa shape index (κ2) is 6.62. The minimum Gasteiger partial charge on any atom is -0.325 e. The third-order valence-electron chi connectivity index (χ3n) is 3.16. The van der Waals surface area contributed by atoms with Crippen molar-refractivity contribution in [3.05, 3.63) is 39.8 Å². The Morgan fingerprint density at radius 3 is 2.81 bits per heavy atom. The Labute approximate surface area is 127 Å². The highest BCUT2D eigenvalue weighted by Crippen LogP contribution is 2.16. The number of hydrogen-bond donors (Lipinski definition) is 2. The van der Waals surface area contributed by atoms with Crippen LogP contribution in [0.2, 0.25) is 0 Å². The molecule has 1 amide bonds. The van der Waals surface area contributed by atoms with E-state index in [0.29, 0.717) is 11.7 Å². The van der Waals surface area contributed by atoms with E-state index < -0.39 is 0 Å². The summed E-state index contributed by atoms with van der Waals surface area (Å²) in [4.78, 5) is 23.3. The number of benzene rings is 1. The van der Waals surface area contributed by atoms with Gasteiger partial charge in [-0.15, -0.1) is 5.10 Å². The van der Waals surface area contributed by atoms with Gasteiger partial charge in [-0.3, -0.25) is 9.36 Å². The molecule has 0 aliphatic carbocycles. The van der Waals surface area contributed by atoms with Gasteiger partial charge in [-0.2, -0.15) is 0 Å². The maximum absolute atomic E-state index is 11.9. The van der Waals surface area contributed by atoms with Crippen LogP contribution in [0, 0.1) is 13.8 Å². The molecule has 0 bridgehead atoms. The summed E-state index contributed by atoms with van der Waals surface area (Å²) in [6, 6.07) is 5.79. The Hall–Kier alpha value is -2.02. The van der Waals surface area contributed by atoms with Crippen LogP contribution >= 0.6 is 11.8 Å². The van der Waals surface area contributed by atoms with Crippen LogP contribution in [0.5, 0.6) is 0 Å². The Bertz CT molecular complexity index is 705. The van der Waals surface area contributed by atoms with Crippen LogP contribution in [0.3, 0.4) is 0 Å². The SMILES string of the molecule is CCn1c(SCC(=O)Nc2ccc(C)c(C)c2)n[nH]c1=O. The Kier molecular flexibility index (Phi) is 4.85. The number of anilines is 1. The third kappa shape index (κ3) is 3.75. The lowest BCUT2D eigenvalue weighted by Crippen LogP contribution is -2.18. The van der Waals surface area contributed by atoms with Crippen LogP contribution in [0.1, 0.15) is 18.1 Å². The second-order valence-corrected chi connectivity index (χ2v) is 5.63. The van der Waals surface area contributed by atoms with Gasteiger partial charge in [0.05, 0.1) is 5.75 Å². The predicted molar refractivity (Wildman–Crippen MR) is 83.8 cm³/mol. The Morgan fingerprint density at radius 1 is 1.38 bits per heavy atom. The number of carbonyl (C=O) groups excluding carboxylic acids is 1.